The zero-order valence-corrected chi connectivity index (χ0v) is 11.8. The molecule has 0 aromatic heterocycles. The van der Waals surface area contributed by atoms with Gasteiger partial charge in [0.1, 0.15) is 12.4 Å². The number of imide groups is 1. The zero-order valence-electron chi connectivity index (χ0n) is 11.8. The van der Waals surface area contributed by atoms with E-state index < -0.39 is 30.4 Å². The molecule has 7 heteroatoms. The van der Waals surface area contributed by atoms with Crippen molar-refractivity contribution in [2.24, 2.45) is 17.6 Å². The number of ether oxygens (including phenoxy) is 2. The maximum absolute atomic E-state index is 12.1. The van der Waals surface area contributed by atoms with E-state index in [2.05, 4.69) is 0 Å². The molecule has 2 aliphatic rings. The summed E-state index contributed by atoms with van der Waals surface area (Å²) in [6.45, 7) is 3.73. The molecule has 2 N–H and O–H groups in total. The number of carbonyl (C=O) groups is 3. The van der Waals surface area contributed by atoms with E-state index in [-0.39, 0.29) is 24.2 Å². The van der Waals surface area contributed by atoms with Gasteiger partial charge in [0.05, 0.1) is 18.5 Å². The molecule has 112 valence electrons. The Labute approximate surface area is 117 Å². The molecule has 0 saturated carbocycles. The second-order valence-electron chi connectivity index (χ2n) is 5.46. The third-order valence-corrected chi connectivity index (χ3v) is 4.34. The fourth-order valence-corrected chi connectivity index (χ4v) is 2.91. The van der Waals surface area contributed by atoms with Crippen LogP contribution in [0, 0.1) is 11.8 Å². The van der Waals surface area contributed by atoms with Gasteiger partial charge in [0.2, 0.25) is 11.8 Å². The third-order valence-electron chi connectivity index (χ3n) is 4.34. The van der Waals surface area contributed by atoms with Crippen LogP contribution in [0.15, 0.2) is 0 Å². The molecule has 0 radical (unpaired) electrons. The fraction of sp³-hybridized carbons (Fsp3) is 0.769. The summed E-state index contributed by atoms with van der Waals surface area (Å²) in [6, 6.07) is -1.36. The van der Waals surface area contributed by atoms with Gasteiger partial charge in [-0.3, -0.25) is 14.5 Å². The highest BCUT2D eigenvalue weighted by atomic mass is 16.7. The van der Waals surface area contributed by atoms with Crippen molar-refractivity contribution in [1.82, 2.24) is 4.90 Å². The van der Waals surface area contributed by atoms with Crippen LogP contribution in [-0.4, -0.2) is 54.6 Å². The van der Waals surface area contributed by atoms with Gasteiger partial charge in [0.25, 0.3) is 0 Å². The van der Waals surface area contributed by atoms with Gasteiger partial charge < -0.3 is 20.0 Å². The lowest BCUT2D eigenvalue weighted by atomic mass is 9.81. The zero-order chi connectivity index (χ0) is 15.0. The van der Waals surface area contributed by atoms with Crippen molar-refractivity contribution in [2.45, 2.75) is 44.7 Å². The number of hydrogen-bond donors (Lipinski definition) is 1. The Balaban J connectivity index is 2.31. The van der Waals surface area contributed by atoms with Crippen LogP contribution in [-0.2, 0) is 23.9 Å². The molecule has 6 unspecified atom stereocenters. The lowest BCUT2D eigenvalue weighted by Gasteiger charge is -2.45. The molecule has 0 aromatic rings. The van der Waals surface area contributed by atoms with E-state index in [4.69, 9.17) is 15.2 Å². The molecule has 0 bridgehead atoms. The Morgan fingerprint density at radius 3 is 2.45 bits per heavy atom. The molecule has 0 aromatic carbocycles. The van der Waals surface area contributed by atoms with Crippen LogP contribution < -0.4 is 5.73 Å². The first-order valence-corrected chi connectivity index (χ1v) is 6.67. The van der Waals surface area contributed by atoms with Crippen LogP contribution in [0.5, 0.6) is 0 Å². The summed E-state index contributed by atoms with van der Waals surface area (Å²) in [5.74, 6) is -0.973. The second-order valence-corrected chi connectivity index (χ2v) is 5.46. The predicted octanol–water partition coefficient (Wildman–Crippen LogP) is -0.716. The van der Waals surface area contributed by atoms with Gasteiger partial charge in [-0.1, -0.05) is 13.8 Å². The summed E-state index contributed by atoms with van der Waals surface area (Å²) in [5, 5.41) is 0. The largest absolute Gasteiger partial charge is 0.354 e. The number of nitrogens with zero attached hydrogens (tertiary/aromatic N) is 1. The Kier molecular flexibility index (Phi) is 4.22. The first kappa shape index (κ1) is 15.1. The quantitative estimate of drug-likeness (QED) is 0.542. The lowest BCUT2D eigenvalue weighted by Crippen LogP contribution is -2.60. The Hall–Kier alpha value is -1.31. The van der Waals surface area contributed by atoms with Gasteiger partial charge in [-0.25, -0.2) is 0 Å². The molecule has 6 atom stereocenters. The lowest BCUT2D eigenvalue weighted by molar-refractivity contribution is -0.234. The highest BCUT2D eigenvalue weighted by Crippen LogP contribution is 2.35. The van der Waals surface area contributed by atoms with Crippen LogP contribution in [0.2, 0.25) is 0 Å². The molecule has 2 rings (SSSR count). The van der Waals surface area contributed by atoms with Gasteiger partial charge >= 0.3 is 0 Å². The van der Waals surface area contributed by atoms with E-state index in [9.17, 15) is 14.4 Å². The van der Waals surface area contributed by atoms with Gasteiger partial charge in [0.15, 0.2) is 6.29 Å². The van der Waals surface area contributed by atoms with Crippen LogP contribution in [0.25, 0.3) is 0 Å². The number of methoxy groups -OCH3 is 1. The average molecular weight is 284 g/mol. The van der Waals surface area contributed by atoms with Crippen LogP contribution in [0.4, 0.5) is 0 Å². The molecule has 2 amide bonds. The highest BCUT2D eigenvalue weighted by molar-refractivity contribution is 6.05. The first-order chi connectivity index (χ1) is 9.42. The number of aldehydes is 1. The first-order valence-electron chi connectivity index (χ1n) is 6.67. The van der Waals surface area contributed by atoms with Crippen molar-refractivity contribution >= 4 is 18.1 Å². The normalized spacial score (nSPS) is 42.1. The number of rotatable bonds is 3. The number of hydrogen-bond acceptors (Lipinski definition) is 6. The SMILES string of the molecule is COC1OC(C=O)C(C)C(C)C1N1C(=O)CC(N)C1=O. The molecular weight excluding hydrogens is 264 g/mol. The van der Waals surface area contributed by atoms with E-state index in [1.807, 2.05) is 13.8 Å². The van der Waals surface area contributed by atoms with Crippen molar-refractivity contribution in [2.75, 3.05) is 7.11 Å². The summed E-state index contributed by atoms with van der Waals surface area (Å²) in [6.07, 6.45) is -0.686. The molecular formula is C13H20N2O5. The monoisotopic (exact) mass is 284 g/mol. The molecule has 2 fully saturated rings. The van der Waals surface area contributed by atoms with E-state index >= 15 is 0 Å². The minimum atomic E-state index is -0.811. The number of likely N-dealkylation sites (tertiary alicyclic amines) is 1. The Bertz CT molecular complexity index is 425. The third kappa shape index (κ3) is 2.25. The van der Waals surface area contributed by atoms with Crippen molar-refractivity contribution in [3.05, 3.63) is 0 Å². The number of nitrogens with two attached hydrogens (primary N) is 1. The van der Waals surface area contributed by atoms with Crippen molar-refractivity contribution in [3.8, 4) is 0 Å². The summed E-state index contributed by atoms with van der Waals surface area (Å²) in [5.41, 5.74) is 5.64. The molecule has 0 spiro atoms. The van der Waals surface area contributed by atoms with Crippen molar-refractivity contribution < 1.29 is 23.9 Å². The van der Waals surface area contributed by atoms with Gasteiger partial charge in [-0.05, 0) is 11.8 Å². The van der Waals surface area contributed by atoms with Crippen LogP contribution >= 0.6 is 0 Å². The fourth-order valence-electron chi connectivity index (χ4n) is 2.91. The molecule has 20 heavy (non-hydrogen) atoms. The average Bonchev–Trinajstić information content (AvgIpc) is 2.67. The van der Waals surface area contributed by atoms with E-state index in [0.717, 1.165) is 11.2 Å². The minimum Gasteiger partial charge on any atom is -0.354 e. The smallest absolute Gasteiger partial charge is 0.247 e. The van der Waals surface area contributed by atoms with E-state index in [1.165, 1.54) is 7.11 Å². The minimum absolute atomic E-state index is 0.00395. The van der Waals surface area contributed by atoms with Crippen LogP contribution in [0.1, 0.15) is 20.3 Å². The van der Waals surface area contributed by atoms with Gasteiger partial charge in [-0.15, -0.1) is 0 Å². The maximum Gasteiger partial charge on any atom is 0.247 e. The summed E-state index contributed by atoms with van der Waals surface area (Å²) in [4.78, 5) is 36.3. The molecule has 2 aliphatic heterocycles. The van der Waals surface area contributed by atoms with Gasteiger partial charge in [0, 0.05) is 7.11 Å². The molecule has 2 heterocycles. The van der Waals surface area contributed by atoms with Crippen molar-refractivity contribution in [1.29, 1.82) is 0 Å². The standard InChI is InChI=1S/C13H20N2O5/c1-6-7(2)11(13(19-3)20-9(6)5-16)15-10(17)4-8(14)12(15)18/h5-9,11,13H,4,14H2,1-3H3. The van der Waals surface area contributed by atoms with Crippen molar-refractivity contribution in [3.63, 3.8) is 0 Å². The van der Waals surface area contributed by atoms with E-state index in [1.54, 1.807) is 0 Å². The Morgan fingerprint density at radius 1 is 1.35 bits per heavy atom. The molecule has 7 nitrogen and oxygen atoms in total. The Morgan fingerprint density at radius 2 is 2.00 bits per heavy atom. The number of carbonyl (C=O) groups excluding carboxylic acids is 3. The highest BCUT2D eigenvalue weighted by Gasteiger charge is 2.51. The summed E-state index contributed by atoms with van der Waals surface area (Å²) in [7, 11) is 1.42. The number of amides is 2. The topological polar surface area (TPSA) is 98.9 Å². The molecule has 0 aliphatic carbocycles. The summed E-state index contributed by atoms with van der Waals surface area (Å²) >= 11 is 0. The van der Waals surface area contributed by atoms with Crippen LogP contribution in [0.3, 0.4) is 0 Å². The molecule has 2 saturated heterocycles. The summed E-state index contributed by atoms with van der Waals surface area (Å²) < 4.78 is 10.8. The van der Waals surface area contributed by atoms with Gasteiger partial charge in [-0.2, -0.15) is 0 Å². The van der Waals surface area contributed by atoms with E-state index in [0.29, 0.717) is 0 Å². The second kappa shape index (κ2) is 5.59. The maximum atomic E-state index is 12.1. The predicted molar refractivity (Wildman–Crippen MR) is 68.3 cm³/mol.